The number of rotatable bonds is 3. The number of halogens is 1. The van der Waals surface area contributed by atoms with Crippen molar-refractivity contribution in [2.24, 2.45) is 0 Å². The van der Waals surface area contributed by atoms with Crippen molar-refractivity contribution >= 4 is 38.1 Å². The molecule has 6 nitrogen and oxygen atoms in total. The molecule has 0 saturated carbocycles. The molecule has 2 N–H and O–H groups in total. The van der Waals surface area contributed by atoms with E-state index in [2.05, 4.69) is 10.2 Å². The van der Waals surface area contributed by atoms with Gasteiger partial charge in [-0.25, -0.2) is 8.42 Å². The number of nitrogens with zero attached hydrogens (tertiary/aromatic N) is 3. The summed E-state index contributed by atoms with van der Waals surface area (Å²) in [7, 11) is -3.51. The van der Waals surface area contributed by atoms with Crippen molar-refractivity contribution in [3.05, 3.63) is 34.3 Å². The fourth-order valence-corrected chi connectivity index (χ4v) is 4.92. The monoisotopic (exact) mass is 358 g/mol. The molecule has 1 aliphatic rings. The van der Waals surface area contributed by atoms with Gasteiger partial charge in [-0.1, -0.05) is 22.9 Å². The Bertz CT molecular complexity index is 761. The van der Waals surface area contributed by atoms with Gasteiger partial charge in [-0.15, -0.1) is 10.2 Å². The number of anilines is 1. The van der Waals surface area contributed by atoms with Crippen molar-refractivity contribution in [2.45, 2.75) is 23.7 Å². The zero-order chi connectivity index (χ0) is 15.7. The standard InChI is InChI=1S/C13H15ClN4O2S2/c14-10-3-5-11(6-4-10)22(19,20)18-7-1-2-9(8-18)12-16-17-13(15)21-12/h3-6,9H,1-2,7-8H2,(H2,15,17)/t9-/m1/s1. The lowest BCUT2D eigenvalue weighted by Crippen LogP contribution is -2.39. The van der Waals surface area contributed by atoms with E-state index in [0.29, 0.717) is 23.2 Å². The molecule has 0 bridgehead atoms. The fraction of sp³-hybridized carbons (Fsp3) is 0.385. The second kappa shape index (κ2) is 6.11. The molecule has 9 heteroatoms. The number of nitrogen functional groups attached to an aromatic ring is 1. The van der Waals surface area contributed by atoms with E-state index in [4.69, 9.17) is 17.3 Å². The van der Waals surface area contributed by atoms with E-state index < -0.39 is 10.0 Å². The SMILES string of the molecule is Nc1nnc([C@@H]2CCCN(S(=O)(=O)c3ccc(Cl)cc3)C2)s1. The highest BCUT2D eigenvalue weighted by Crippen LogP contribution is 2.32. The maximum Gasteiger partial charge on any atom is 0.243 e. The molecule has 1 aliphatic heterocycles. The van der Waals surface area contributed by atoms with E-state index in [9.17, 15) is 8.42 Å². The van der Waals surface area contributed by atoms with Crippen LogP contribution in [0.15, 0.2) is 29.2 Å². The first-order chi connectivity index (χ1) is 10.5. The molecule has 2 aromatic rings. The molecular weight excluding hydrogens is 344 g/mol. The predicted octanol–water partition coefficient (Wildman–Crippen LogP) is 2.34. The molecule has 1 aromatic heterocycles. The van der Waals surface area contributed by atoms with Gasteiger partial charge < -0.3 is 5.73 Å². The van der Waals surface area contributed by atoms with E-state index >= 15 is 0 Å². The van der Waals surface area contributed by atoms with Gasteiger partial charge >= 0.3 is 0 Å². The van der Waals surface area contributed by atoms with E-state index in [1.807, 2.05) is 0 Å². The Morgan fingerprint density at radius 3 is 2.64 bits per heavy atom. The van der Waals surface area contributed by atoms with Crippen LogP contribution in [0.2, 0.25) is 5.02 Å². The average Bonchev–Trinajstić information content (AvgIpc) is 2.94. The first kappa shape index (κ1) is 15.7. The van der Waals surface area contributed by atoms with Gasteiger partial charge in [0.1, 0.15) is 5.01 Å². The summed E-state index contributed by atoms with van der Waals surface area (Å²) < 4.78 is 26.9. The summed E-state index contributed by atoms with van der Waals surface area (Å²) in [4.78, 5) is 0.259. The first-order valence-corrected chi connectivity index (χ1v) is 9.45. The first-order valence-electron chi connectivity index (χ1n) is 6.81. The van der Waals surface area contributed by atoms with Crippen LogP contribution in [-0.4, -0.2) is 36.0 Å². The molecule has 2 heterocycles. The Kier molecular flexibility index (Phi) is 4.35. The maximum atomic E-state index is 12.7. The maximum absolute atomic E-state index is 12.7. The lowest BCUT2D eigenvalue weighted by atomic mass is 10.0. The van der Waals surface area contributed by atoms with Crippen molar-refractivity contribution in [1.82, 2.24) is 14.5 Å². The highest BCUT2D eigenvalue weighted by atomic mass is 35.5. The highest BCUT2D eigenvalue weighted by molar-refractivity contribution is 7.89. The Labute approximate surface area is 138 Å². The molecule has 1 saturated heterocycles. The number of piperidine rings is 1. The van der Waals surface area contributed by atoms with Gasteiger partial charge in [0.2, 0.25) is 15.2 Å². The third-order valence-electron chi connectivity index (χ3n) is 3.64. The second-order valence-corrected chi connectivity index (χ2v) is 8.55. The largest absolute Gasteiger partial charge is 0.374 e. The molecule has 1 atom stereocenters. The van der Waals surface area contributed by atoms with Gasteiger partial charge in [0.05, 0.1) is 4.90 Å². The Hall–Kier alpha value is -1.22. The number of hydrogen-bond acceptors (Lipinski definition) is 6. The van der Waals surface area contributed by atoms with Gasteiger partial charge in [0.15, 0.2) is 0 Å². The smallest absolute Gasteiger partial charge is 0.243 e. The fourth-order valence-electron chi connectivity index (χ4n) is 2.53. The summed E-state index contributed by atoms with van der Waals surface area (Å²) in [6, 6.07) is 6.23. The summed E-state index contributed by atoms with van der Waals surface area (Å²) in [6.07, 6.45) is 1.68. The Morgan fingerprint density at radius 2 is 2.00 bits per heavy atom. The van der Waals surface area contributed by atoms with Crippen LogP contribution >= 0.6 is 22.9 Å². The van der Waals surface area contributed by atoms with Crippen LogP contribution in [0.1, 0.15) is 23.8 Å². The topological polar surface area (TPSA) is 89.2 Å². The summed E-state index contributed by atoms with van der Waals surface area (Å²) >= 11 is 7.14. The summed E-state index contributed by atoms with van der Waals surface area (Å²) in [5, 5.41) is 9.58. The van der Waals surface area contributed by atoms with Crippen LogP contribution in [0.3, 0.4) is 0 Å². The lowest BCUT2D eigenvalue weighted by Gasteiger charge is -2.30. The number of nitrogens with two attached hydrogens (primary N) is 1. The van der Waals surface area contributed by atoms with E-state index in [-0.39, 0.29) is 10.8 Å². The Morgan fingerprint density at radius 1 is 1.27 bits per heavy atom. The molecule has 3 rings (SSSR count). The Balaban J connectivity index is 1.83. The van der Waals surface area contributed by atoms with Gasteiger partial charge in [-0.05, 0) is 37.1 Å². The minimum Gasteiger partial charge on any atom is -0.374 e. The quantitative estimate of drug-likeness (QED) is 0.909. The van der Waals surface area contributed by atoms with Crippen molar-refractivity contribution < 1.29 is 8.42 Å². The zero-order valence-corrected chi connectivity index (χ0v) is 14.0. The average molecular weight is 359 g/mol. The van der Waals surface area contributed by atoms with Crippen LogP contribution in [-0.2, 0) is 10.0 Å². The molecule has 0 amide bonds. The number of hydrogen-bond donors (Lipinski definition) is 1. The zero-order valence-electron chi connectivity index (χ0n) is 11.6. The number of benzene rings is 1. The molecule has 1 fully saturated rings. The van der Waals surface area contributed by atoms with Crippen molar-refractivity contribution in [1.29, 1.82) is 0 Å². The molecule has 0 aliphatic carbocycles. The van der Waals surface area contributed by atoms with Gasteiger partial charge in [-0.2, -0.15) is 4.31 Å². The minimum absolute atomic E-state index is 0.0469. The van der Waals surface area contributed by atoms with E-state index in [1.165, 1.54) is 27.8 Å². The van der Waals surface area contributed by atoms with Gasteiger partial charge in [-0.3, -0.25) is 0 Å². The normalized spacial score (nSPS) is 20.1. The molecule has 0 unspecified atom stereocenters. The third kappa shape index (κ3) is 3.10. The predicted molar refractivity (Wildman–Crippen MR) is 86.5 cm³/mol. The van der Waals surface area contributed by atoms with Gasteiger partial charge in [0.25, 0.3) is 0 Å². The molecule has 1 aromatic carbocycles. The van der Waals surface area contributed by atoms with Crippen LogP contribution in [0.25, 0.3) is 0 Å². The summed E-state index contributed by atoms with van der Waals surface area (Å²) in [5.74, 6) is 0.0469. The molecule has 0 spiro atoms. The second-order valence-electron chi connectivity index (χ2n) is 5.13. The third-order valence-corrected chi connectivity index (χ3v) is 6.69. The summed E-state index contributed by atoms with van der Waals surface area (Å²) in [5.41, 5.74) is 5.61. The number of aromatic nitrogens is 2. The van der Waals surface area contributed by atoms with Crippen LogP contribution in [0.4, 0.5) is 5.13 Å². The summed E-state index contributed by atoms with van der Waals surface area (Å²) in [6.45, 7) is 0.912. The highest BCUT2D eigenvalue weighted by Gasteiger charge is 2.32. The van der Waals surface area contributed by atoms with Crippen LogP contribution in [0, 0.1) is 0 Å². The van der Waals surface area contributed by atoms with Crippen LogP contribution < -0.4 is 5.73 Å². The molecular formula is C13H15ClN4O2S2. The molecule has 118 valence electrons. The van der Waals surface area contributed by atoms with E-state index in [0.717, 1.165) is 17.8 Å². The van der Waals surface area contributed by atoms with Crippen LogP contribution in [0.5, 0.6) is 0 Å². The minimum atomic E-state index is -3.51. The van der Waals surface area contributed by atoms with Gasteiger partial charge in [0, 0.05) is 24.0 Å². The van der Waals surface area contributed by atoms with E-state index in [1.54, 1.807) is 12.1 Å². The van der Waals surface area contributed by atoms with Crippen molar-refractivity contribution in [3.8, 4) is 0 Å². The lowest BCUT2D eigenvalue weighted by molar-refractivity contribution is 0.314. The molecule has 0 radical (unpaired) electrons. The molecule has 22 heavy (non-hydrogen) atoms. The van der Waals surface area contributed by atoms with Crippen molar-refractivity contribution in [3.63, 3.8) is 0 Å². The van der Waals surface area contributed by atoms with Crippen molar-refractivity contribution in [2.75, 3.05) is 18.8 Å². The number of sulfonamides is 1.